The summed E-state index contributed by atoms with van der Waals surface area (Å²) in [5.41, 5.74) is 0.977. The molecule has 5 nitrogen and oxygen atoms in total. The van der Waals surface area contributed by atoms with Crippen LogP contribution in [0.2, 0.25) is 0 Å². The second kappa shape index (κ2) is 7.48. The molecular formula is C13H24N4O. The highest BCUT2D eigenvalue weighted by molar-refractivity contribution is 4.90. The second-order valence-corrected chi connectivity index (χ2v) is 5.08. The first-order chi connectivity index (χ1) is 8.88. The van der Waals surface area contributed by atoms with E-state index >= 15 is 0 Å². The summed E-state index contributed by atoms with van der Waals surface area (Å²) in [4.78, 5) is 0. The van der Waals surface area contributed by atoms with Crippen molar-refractivity contribution in [2.24, 2.45) is 5.92 Å². The van der Waals surface area contributed by atoms with E-state index in [9.17, 15) is 0 Å². The molecule has 0 amide bonds. The van der Waals surface area contributed by atoms with E-state index < -0.39 is 0 Å². The van der Waals surface area contributed by atoms with Crippen molar-refractivity contribution in [3.8, 4) is 0 Å². The van der Waals surface area contributed by atoms with Crippen molar-refractivity contribution in [1.82, 2.24) is 20.3 Å². The highest BCUT2D eigenvalue weighted by Gasteiger charge is 2.13. The van der Waals surface area contributed by atoms with Gasteiger partial charge in [0.2, 0.25) is 0 Å². The fourth-order valence-electron chi connectivity index (χ4n) is 2.47. The molecule has 102 valence electrons. The molecule has 0 aliphatic heterocycles. The Morgan fingerprint density at radius 1 is 1.39 bits per heavy atom. The van der Waals surface area contributed by atoms with Gasteiger partial charge in [-0.3, -0.25) is 0 Å². The summed E-state index contributed by atoms with van der Waals surface area (Å²) < 4.78 is 7.60. The largest absolute Gasteiger partial charge is 0.379 e. The summed E-state index contributed by atoms with van der Waals surface area (Å²) in [5.74, 6) is 0.786. The summed E-state index contributed by atoms with van der Waals surface area (Å²) in [7, 11) is 1.91. The third-order valence-corrected chi connectivity index (χ3v) is 3.49. The van der Waals surface area contributed by atoms with Gasteiger partial charge in [0.25, 0.3) is 0 Å². The first-order valence-electron chi connectivity index (χ1n) is 7.00. The van der Waals surface area contributed by atoms with Gasteiger partial charge in [-0.2, -0.15) is 0 Å². The molecule has 0 unspecified atom stereocenters. The highest BCUT2D eigenvalue weighted by Crippen LogP contribution is 2.23. The van der Waals surface area contributed by atoms with Crippen LogP contribution in [0.3, 0.4) is 0 Å². The Balaban J connectivity index is 1.59. The lowest BCUT2D eigenvalue weighted by molar-refractivity contribution is 0.0779. The summed E-state index contributed by atoms with van der Waals surface area (Å²) in [6.07, 6.45) is 8.82. The molecule has 1 N–H and O–H groups in total. The standard InChI is InChI=1S/C13H24N4O/c1-14-9-13-10-17(16-15-13)7-8-18-11-12-5-3-2-4-6-12/h10,12,14H,2-9,11H2,1H3. The molecule has 0 spiro atoms. The van der Waals surface area contributed by atoms with Crippen molar-refractivity contribution >= 4 is 0 Å². The van der Waals surface area contributed by atoms with E-state index in [0.29, 0.717) is 0 Å². The van der Waals surface area contributed by atoms with Crippen molar-refractivity contribution in [1.29, 1.82) is 0 Å². The highest BCUT2D eigenvalue weighted by atomic mass is 16.5. The number of ether oxygens (including phenoxy) is 1. The lowest BCUT2D eigenvalue weighted by atomic mass is 9.90. The van der Waals surface area contributed by atoms with Gasteiger partial charge in [-0.25, -0.2) is 4.68 Å². The smallest absolute Gasteiger partial charge is 0.0964 e. The molecule has 0 radical (unpaired) electrons. The van der Waals surface area contributed by atoms with E-state index in [-0.39, 0.29) is 0 Å². The van der Waals surface area contributed by atoms with E-state index in [4.69, 9.17) is 4.74 Å². The van der Waals surface area contributed by atoms with E-state index in [1.54, 1.807) is 0 Å². The molecule has 18 heavy (non-hydrogen) atoms. The molecule has 0 atom stereocenters. The Morgan fingerprint density at radius 2 is 2.22 bits per heavy atom. The van der Waals surface area contributed by atoms with Crippen LogP contribution in [0.1, 0.15) is 37.8 Å². The van der Waals surface area contributed by atoms with Gasteiger partial charge in [0.15, 0.2) is 0 Å². The fraction of sp³-hybridized carbons (Fsp3) is 0.846. The van der Waals surface area contributed by atoms with Gasteiger partial charge in [-0.15, -0.1) is 5.10 Å². The van der Waals surface area contributed by atoms with Crippen LogP contribution in [0.25, 0.3) is 0 Å². The van der Waals surface area contributed by atoms with Crippen LogP contribution < -0.4 is 5.32 Å². The van der Waals surface area contributed by atoms with Crippen LogP contribution in [0.4, 0.5) is 0 Å². The predicted molar refractivity (Wildman–Crippen MR) is 70.2 cm³/mol. The van der Waals surface area contributed by atoms with Crippen LogP contribution >= 0.6 is 0 Å². The van der Waals surface area contributed by atoms with Gasteiger partial charge in [-0.1, -0.05) is 24.5 Å². The van der Waals surface area contributed by atoms with E-state index in [1.807, 2.05) is 17.9 Å². The Morgan fingerprint density at radius 3 is 3.00 bits per heavy atom. The first kappa shape index (κ1) is 13.5. The number of hydrogen-bond donors (Lipinski definition) is 1. The van der Waals surface area contributed by atoms with Crippen molar-refractivity contribution in [3.05, 3.63) is 11.9 Å². The molecule has 1 heterocycles. The van der Waals surface area contributed by atoms with Crippen LogP contribution in [-0.4, -0.2) is 35.3 Å². The van der Waals surface area contributed by atoms with Gasteiger partial charge in [0.05, 0.1) is 18.8 Å². The lowest BCUT2D eigenvalue weighted by Gasteiger charge is -2.21. The number of rotatable bonds is 7. The van der Waals surface area contributed by atoms with Crippen LogP contribution in [0.15, 0.2) is 6.20 Å². The van der Waals surface area contributed by atoms with Crippen molar-refractivity contribution in [2.75, 3.05) is 20.3 Å². The maximum atomic E-state index is 5.74. The molecule has 0 bridgehead atoms. The summed E-state index contributed by atoms with van der Waals surface area (Å²) >= 11 is 0. The quantitative estimate of drug-likeness (QED) is 0.749. The maximum absolute atomic E-state index is 5.74. The van der Waals surface area contributed by atoms with Crippen LogP contribution in [0.5, 0.6) is 0 Å². The number of nitrogens with one attached hydrogen (secondary N) is 1. The SMILES string of the molecule is CNCc1cn(CCOCC2CCCCC2)nn1. The molecule has 1 saturated carbocycles. The Bertz CT molecular complexity index is 333. The Labute approximate surface area is 109 Å². The van der Waals surface area contributed by atoms with Gasteiger partial charge < -0.3 is 10.1 Å². The minimum absolute atomic E-state index is 0.735. The molecule has 0 saturated heterocycles. The molecule has 5 heteroatoms. The first-order valence-corrected chi connectivity index (χ1v) is 7.00. The topological polar surface area (TPSA) is 52.0 Å². The average Bonchev–Trinajstić information content (AvgIpc) is 2.84. The van der Waals surface area contributed by atoms with Crippen molar-refractivity contribution in [2.45, 2.75) is 45.2 Å². The van der Waals surface area contributed by atoms with Crippen LogP contribution in [0, 0.1) is 5.92 Å². The molecule has 1 aliphatic rings. The van der Waals surface area contributed by atoms with Crippen LogP contribution in [-0.2, 0) is 17.8 Å². The molecule has 1 fully saturated rings. The minimum atomic E-state index is 0.735. The molecule has 2 rings (SSSR count). The average molecular weight is 252 g/mol. The van der Waals surface area contributed by atoms with Gasteiger partial charge in [-0.05, 0) is 25.8 Å². The number of nitrogens with zero attached hydrogens (tertiary/aromatic N) is 3. The molecule has 0 aromatic carbocycles. The van der Waals surface area contributed by atoms with Crippen molar-refractivity contribution in [3.63, 3.8) is 0 Å². The fourth-order valence-corrected chi connectivity index (χ4v) is 2.47. The third kappa shape index (κ3) is 4.38. The number of hydrogen-bond acceptors (Lipinski definition) is 4. The van der Waals surface area contributed by atoms with Crippen molar-refractivity contribution < 1.29 is 4.74 Å². The van der Waals surface area contributed by atoms with Gasteiger partial charge >= 0.3 is 0 Å². The normalized spacial score (nSPS) is 17.2. The second-order valence-electron chi connectivity index (χ2n) is 5.08. The zero-order valence-electron chi connectivity index (χ0n) is 11.3. The lowest BCUT2D eigenvalue weighted by Crippen LogP contribution is -2.15. The van der Waals surface area contributed by atoms with Gasteiger partial charge in [0, 0.05) is 19.3 Å². The monoisotopic (exact) mass is 252 g/mol. The predicted octanol–water partition coefficient (Wildman–Crippen LogP) is 1.59. The Hall–Kier alpha value is -0.940. The zero-order valence-corrected chi connectivity index (χ0v) is 11.3. The molecular weight excluding hydrogens is 228 g/mol. The summed E-state index contributed by atoms with van der Waals surface area (Å²) in [6.45, 7) is 3.21. The van der Waals surface area contributed by atoms with Gasteiger partial charge in [0.1, 0.15) is 0 Å². The maximum Gasteiger partial charge on any atom is 0.0964 e. The summed E-state index contributed by atoms with van der Waals surface area (Å²) in [5, 5.41) is 11.2. The third-order valence-electron chi connectivity index (χ3n) is 3.49. The van der Waals surface area contributed by atoms with E-state index in [0.717, 1.165) is 37.9 Å². The summed E-state index contributed by atoms with van der Waals surface area (Å²) in [6, 6.07) is 0. The Kier molecular flexibility index (Phi) is 5.61. The zero-order chi connectivity index (χ0) is 12.6. The molecule has 1 aromatic heterocycles. The number of aromatic nitrogens is 3. The minimum Gasteiger partial charge on any atom is -0.379 e. The molecule has 1 aliphatic carbocycles. The molecule has 1 aromatic rings. The van der Waals surface area contributed by atoms with E-state index in [2.05, 4.69) is 15.6 Å². The van der Waals surface area contributed by atoms with E-state index in [1.165, 1.54) is 32.1 Å².